The summed E-state index contributed by atoms with van der Waals surface area (Å²) >= 11 is 0. The summed E-state index contributed by atoms with van der Waals surface area (Å²) in [5.74, 6) is -0.922. The molecule has 0 spiro atoms. The Hall–Kier alpha value is -2.37. The Bertz CT molecular complexity index is 510. The predicted molar refractivity (Wildman–Crippen MR) is 70.1 cm³/mol. The van der Waals surface area contributed by atoms with E-state index in [1.165, 1.54) is 18.2 Å². The van der Waals surface area contributed by atoms with Crippen molar-refractivity contribution in [3.63, 3.8) is 0 Å². The van der Waals surface area contributed by atoms with Gasteiger partial charge in [0.25, 0.3) is 0 Å². The lowest BCUT2D eigenvalue weighted by Gasteiger charge is -2.12. The van der Waals surface area contributed by atoms with Gasteiger partial charge in [-0.1, -0.05) is 13.0 Å². The summed E-state index contributed by atoms with van der Waals surface area (Å²) in [7, 11) is 0. The minimum atomic E-state index is -1.11. The van der Waals surface area contributed by atoms with Gasteiger partial charge < -0.3 is 9.84 Å². The van der Waals surface area contributed by atoms with E-state index in [0.717, 1.165) is 12.5 Å². The first-order valence-corrected chi connectivity index (χ1v) is 5.80. The van der Waals surface area contributed by atoms with Crippen LogP contribution >= 0.6 is 0 Å². The third-order valence-electron chi connectivity index (χ3n) is 2.50. The fourth-order valence-electron chi connectivity index (χ4n) is 1.35. The van der Waals surface area contributed by atoms with Crippen molar-refractivity contribution in [2.75, 3.05) is 0 Å². The molecule has 0 radical (unpaired) electrons. The van der Waals surface area contributed by atoms with Crippen molar-refractivity contribution in [2.24, 2.45) is 0 Å². The number of carboxylic acids is 1. The molecule has 1 N–H and O–H groups in total. The van der Waals surface area contributed by atoms with Crippen molar-refractivity contribution in [2.45, 2.75) is 26.4 Å². The lowest BCUT2D eigenvalue weighted by Crippen LogP contribution is -2.11. The summed E-state index contributed by atoms with van der Waals surface area (Å²) < 4.78 is 5.45. The monoisotopic (exact) mass is 265 g/mol. The number of hydrogen-bond donors (Lipinski definition) is 1. The number of nitro benzene ring substituents is 1. The first-order chi connectivity index (χ1) is 8.93. The number of nitro groups is 1. The first-order valence-electron chi connectivity index (χ1n) is 5.80. The SMILES string of the molecule is CCC(C)Oc1ccc(/C=C\C(=O)O)cc1[N+](=O)[O-]. The zero-order valence-electron chi connectivity index (χ0n) is 10.7. The third kappa shape index (κ3) is 4.42. The summed E-state index contributed by atoms with van der Waals surface area (Å²) in [6.07, 6.45) is 2.83. The van der Waals surface area contributed by atoms with Crippen molar-refractivity contribution in [1.29, 1.82) is 0 Å². The van der Waals surface area contributed by atoms with E-state index >= 15 is 0 Å². The van der Waals surface area contributed by atoms with E-state index in [-0.39, 0.29) is 17.5 Å². The molecule has 1 aromatic carbocycles. The van der Waals surface area contributed by atoms with Crippen LogP contribution in [0.15, 0.2) is 24.3 Å². The van der Waals surface area contributed by atoms with Crippen LogP contribution in [0.25, 0.3) is 6.08 Å². The maximum Gasteiger partial charge on any atom is 0.328 e. The molecule has 102 valence electrons. The zero-order valence-corrected chi connectivity index (χ0v) is 10.7. The number of rotatable bonds is 6. The third-order valence-corrected chi connectivity index (χ3v) is 2.50. The molecule has 6 heteroatoms. The second-order valence-corrected chi connectivity index (χ2v) is 3.99. The summed E-state index contributed by atoms with van der Waals surface area (Å²) in [5, 5.41) is 19.5. The Balaban J connectivity index is 3.07. The zero-order chi connectivity index (χ0) is 14.4. The maximum atomic E-state index is 11.0. The van der Waals surface area contributed by atoms with Crippen LogP contribution in [0.5, 0.6) is 5.75 Å². The van der Waals surface area contributed by atoms with E-state index in [4.69, 9.17) is 9.84 Å². The van der Waals surface area contributed by atoms with Gasteiger partial charge in [0.1, 0.15) is 0 Å². The van der Waals surface area contributed by atoms with Crippen LogP contribution in [0, 0.1) is 10.1 Å². The predicted octanol–water partition coefficient (Wildman–Crippen LogP) is 2.87. The van der Waals surface area contributed by atoms with Gasteiger partial charge in [0.05, 0.1) is 11.0 Å². The Morgan fingerprint density at radius 1 is 1.58 bits per heavy atom. The van der Waals surface area contributed by atoms with Crippen LogP contribution in [0.3, 0.4) is 0 Å². The first kappa shape index (κ1) is 14.7. The molecule has 0 aliphatic carbocycles. The van der Waals surface area contributed by atoms with Crippen LogP contribution in [0.2, 0.25) is 0 Å². The van der Waals surface area contributed by atoms with Gasteiger partial charge in [0.2, 0.25) is 0 Å². The number of aliphatic carboxylic acids is 1. The molecule has 0 aliphatic rings. The number of ether oxygens (including phenoxy) is 1. The highest BCUT2D eigenvalue weighted by Gasteiger charge is 2.17. The van der Waals surface area contributed by atoms with E-state index in [0.29, 0.717) is 5.56 Å². The Labute approximate surface area is 110 Å². The molecule has 6 nitrogen and oxygen atoms in total. The van der Waals surface area contributed by atoms with Gasteiger partial charge in [-0.3, -0.25) is 10.1 Å². The molecule has 0 saturated carbocycles. The Morgan fingerprint density at radius 2 is 2.26 bits per heavy atom. The molecular weight excluding hydrogens is 250 g/mol. The molecule has 0 aromatic heterocycles. The van der Waals surface area contributed by atoms with E-state index in [1.54, 1.807) is 6.07 Å². The average molecular weight is 265 g/mol. The normalized spacial score (nSPS) is 12.3. The topological polar surface area (TPSA) is 89.7 Å². The maximum absolute atomic E-state index is 11.0. The minimum Gasteiger partial charge on any atom is -0.484 e. The second-order valence-electron chi connectivity index (χ2n) is 3.99. The van der Waals surface area contributed by atoms with Crippen LogP contribution in [-0.4, -0.2) is 22.1 Å². The van der Waals surface area contributed by atoms with Gasteiger partial charge >= 0.3 is 11.7 Å². The van der Waals surface area contributed by atoms with Crippen molar-refractivity contribution in [1.82, 2.24) is 0 Å². The van der Waals surface area contributed by atoms with Gasteiger partial charge in [-0.25, -0.2) is 4.79 Å². The van der Waals surface area contributed by atoms with Gasteiger partial charge in [-0.2, -0.15) is 0 Å². The summed E-state index contributed by atoms with van der Waals surface area (Å²) in [4.78, 5) is 20.8. The van der Waals surface area contributed by atoms with Crippen molar-refractivity contribution >= 4 is 17.7 Å². The van der Waals surface area contributed by atoms with Gasteiger partial charge in [-0.15, -0.1) is 0 Å². The smallest absolute Gasteiger partial charge is 0.328 e. The molecule has 1 atom stereocenters. The Kier molecular flexibility index (Phi) is 5.05. The summed E-state index contributed by atoms with van der Waals surface area (Å²) in [6.45, 7) is 3.74. The van der Waals surface area contributed by atoms with Crippen molar-refractivity contribution < 1.29 is 19.6 Å². The molecule has 0 fully saturated rings. The van der Waals surface area contributed by atoms with Gasteiger partial charge in [0, 0.05) is 12.1 Å². The van der Waals surface area contributed by atoms with E-state index in [9.17, 15) is 14.9 Å². The largest absolute Gasteiger partial charge is 0.484 e. The number of carbonyl (C=O) groups is 1. The van der Waals surface area contributed by atoms with E-state index < -0.39 is 10.9 Å². The summed E-state index contributed by atoms with van der Waals surface area (Å²) in [6, 6.07) is 4.34. The van der Waals surface area contributed by atoms with E-state index in [2.05, 4.69) is 0 Å². The highest BCUT2D eigenvalue weighted by molar-refractivity contribution is 5.85. The van der Waals surface area contributed by atoms with Gasteiger partial charge in [-0.05, 0) is 31.1 Å². The molecule has 1 aromatic rings. The van der Waals surface area contributed by atoms with Crippen LogP contribution in [0.1, 0.15) is 25.8 Å². The number of hydrogen-bond acceptors (Lipinski definition) is 4. The fourth-order valence-corrected chi connectivity index (χ4v) is 1.35. The lowest BCUT2D eigenvalue weighted by atomic mass is 10.1. The van der Waals surface area contributed by atoms with E-state index in [1.807, 2.05) is 13.8 Å². The summed E-state index contributed by atoms with van der Waals surface area (Å²) in [5.41, 5.74) is 0.262. The standard InChI is InChI=1S/C13H15NO5/c1-3-9(2)19-12-6-4-10(5-7-13(15)16)8-11(12)14(17)18/h4-9H,3H2,1-2H3,(H,15,16)/b7-5-. The molecule has 0 aliphatic heterocycles. The molecule has 19 heavy (non-hydrogen) atoms. The average Bonchev–Trinajstić information content (AvgIpc) is 2.36. The number of benzene rings is 1. The fraction of sp³-hybridized carbons (Fsp3) is 0.308. The quantitative estimate of drug-likeness (QED) is 0.485. The van der Waals surface area contributed by atoms with Crippen molar-refractivity contribution in [3.8, 4) is 5.75 Å². The molecule has 0 heterocycles. The molecule has 0 bridgehead atoms. The van der Waals surface area contributed by atoms with Crippen LogP contribution in [-0.2, 0) is 4.79 Å². The second kappa shape index (κ2) is 6.53. The lowest BCUT2D eigenvalue weighted by molar-refractivity contribution is -0.386. The van der Waals surface area contributed by atoms with Crippen LogP contribution in [0.4, 0.5) is 5.69 Å². The molecule has 0 saturated heterocycles. The number of carboxylic acid groups (broad SMARTS) is 1. The van der Waals surface area contributed by atoms with Crippen molar-refractivity contribution in [3.05, 3.63) is 40.0 Å². The highest BCUT2D eigenvalue weighted by atomic mass is 16.6. The minimum absolute atomic E-state index is 0.126. The highest BCUT2D eigenvalue weighted by Crippen LogP contribution is 2.29. The molecule has 0 amide bonds. The number of nitrogens with zero attached hydrogens (tertiary/aromatic N) is 1. The Morgan fingerprint density at radius 3 is 2.79 bits per heavy atom. The molecule has 1 rings (SSSR count). The molecule has 1 unspecified atom stereocenters. The van der Waals surface area contributed by atoms with Crippen LogP contribution < -0.4 is 4.74 Å². The molecular formula is C13H15NO5. The van der Waals surface area contributed by atoms with Gasteiger partial charge in [0.15, 0.2) is 5.75 Å².